The molecule has 1 fully saturated rings. The number of amides is 2. The fourth-order valence-corrected chi connectivity index (χ4v) is 3.19. The number of carbonyl (C=O) groups is 3. The van der Waals surface area contributed by atoms with E-state index in [9.17, 15) is 19.5 Å². The highest BCUT2D eigenvalue weighted by molar-refractivity contribution is 5.86. The molecule has 1 heterocycles. The molecule has 6 heteroatoms. The van der Waals surface area contributed by atoms with Crippen LogP contribution in [0.5, 0.6) is 0 Å². The third-order valence-corrected chi connectivity index (χ3v) is 4.62. The third-order valence-electron chi connectivity index (χ3n) is 4.62. The summed E-state index contributed by atoms with van der Waals surface area (Å²) in [6.45, 7) is 6.57. The molecule has 2 rings (SSSR count). The molecular formula is C20H28N2O4. The largest absolute Gasteiger partial charge is 0.480 e. The fraction of sp³-hybridized carbons (Fsp3) is 0.550. The Balaban J connectivity index is 2.00. The van der Waals surface area contributed by atoms with E-state index in [1.54, 1.807) is 4.90 Å². The standard InChI is InChI=1S/C20H28N2O4/c1-20(2,3)19(26)22-11-7-10-15(13-22)17(23)21-16(18(24)25)12-14-8-5-4-6-9-14/h4-6,8-9,15-16H,7,10-13H2,1-3H3,(H,21,23)(H,24,25). The summed E-state index contributed by atoms with van der Waals surface area (Å²) in [7, 11) is 0. The number of carboxylic acids is 1. The average molecular weight is 360 g/mol. The molecule has 2 unspecified atom stereocenters. The SMILES string of the molecule is CC(C)(C)C(=O)N1CCCC(C(=O)NC(Cc2ccccc2)C(=O)O)C1. The van der Waals surface area contributed by atoms with E-state index in [1.165, 1.54) is 0 Å². The number of nitrogens with zero attached hydrogens (tertiary/aromatic N) is 1. The summed E-state index contributed by atoms with van der Waals surface area (Å²) in [6.07, 6.45) is 1.65. The van der Waals surface area contributed by atoms with Crippen LogP contribution in [-0.4, -0.2) is 46.9 Å². The first-order valence-corrected chi connectivity index (χ1v) is 9.05. The Morgan fingerprint density at radius 1 is 1.23 bits per heavy atom. The molecule has 26 heavy (non-hydrogen) atoms. The third kappa shape index (κ3) is 5.31. The molecule has 2 atom stereocenters. The van der Waals surface area contributed by atoms with Crippen molar-refractivity contribution in [3.63, 3.8) is 0 Å². The van der Waals surface area contributed by atoms with E-state index < -0.39 is 17.4 Å². The predicted octanol–water partition coefficient (Wildman–Crippen LogP) is 2.08. The first-order valence-electron chi connectivity index (χ1n) is 9.05. The predicted molar refractivity (Wildman–Crippen MR) is 98.5 cm³/mol. The van der Waals surface area contributed by atoms with E-state index in [0.29, 0.717) is 19.5 Å². The number of aliphatic carboxylic acids is 1. The number of rotatable bonds is 5. The normalized spacial score (nSPS) is 18.9. The van der Waals surface area contributed by atoms with Crippen LogP contribution in [0.4, 0.5) is 0 Å². The van der Waals surface area contributed by atoms with Crippen molar-refractivity contribution < 1.29 is 19.5 Å². The van der Waals surface area contributed by atoms with Crippen LogP contribution in [-0.2, 0) is 20.8 Å². The Morgan fingerprint density at radius 3 is 2.46 bits per heavy atom. The highest BCUT2D eigenvalue weighted by Crippen LogP contribution is 2.23. The van der Waals surface area contributed by atoms with Crippen molar-refractivity contribution in [2.45, 2.75) is 46.1 Å². The van der Waals surface area contributed by atoms with Crippen molar-refractivity contribution in [1.82, 2.24) is 10.2 Å². The van der Waals surface area contributed by atoms with Gasteiger partial charge in [0.1, 0.15) is 6.04 Å². The van der Waals surface area contributed by atoms with Gasteiger partial charge in [0.2, 0.25) is 11.8 Å². The van der Waals surface area contributed by atoms with Crippen LogP contribution in [0, 0.1) is 11.3 Å². The number of likely N-dealkylation sites (tertiary alicyclic amines) is 1. The zero-order valence-corrected chi connectivity index (χ0v) is 15.7. The minimum absolute atomic E-state index is 0.0223. The van der Waals surface area contributed by atoms with Crippen LogP contribution >= 0.6 is 0 Å². The minimum atomic E-state index is -1.05. The highest BCUT2D eigenvalue weighted by Gasteiger charge is 2.34. The van der Waals surface area contributed by atoms with Crippen LogP contribution < -0.4 is 5.32 Å². The quantitative estimate of drug-likeness (QED) is 0.842. The topological polar surface area (TPSA) is 86.7 Å². The molecule has 1 aliphatic heterocycles. The van der Waals surface area contributed by atoms with Crippen LogP contribution in [0.25, 0.3) is 0 Å². The molecule has 0 aromatic heterocycles. The second-order valence-corrected chi connectivity index (χ2v) is 7.93. The lowest BCUT2D eigenvalue weighted by Crippen LogP contribution is -2.51. The van der Waals surface area contributed by atoms with Crippen molar-refractivity contribution >= 4 is 17.8 Å². The molecule has 0 saturated carbocycles. The molecule has 0 bridgehead atoms. The Morgan fingerprint density at radius 2 is 1.88 bits per heavy atom. The lowest BCUT2D eigenvalue weighted by Gasteiger charge is -2.36. The lowest BCUT2D eigenvalue weighted by molar-refractivity contribution is -0.145. The number of carboxylic acid groups (broad SMARTS) is 1. The van der Waals surface area contributed by atoms with Gasteiger partial charge in [0.15, 0.2) is 0 Å². The number of hydrogen-bond acceptors (Lipinski definition) is 3. The Labute approximate surface area is 154 Å². The van der Waals surface area contributed by atoms with Crippen molar-refractivity contribution in [3.8, 4) is 0 Å². The molecule has 1 aliphatic rings. The summed E-state index contributed by atoms with van der Waals surface area (Å²) in [5, 5.41) is 12.1. The van der Waals surface area contributed by atoms with Gasteiger partial charge in [-0.05, 0) is 18.4 Å². The van der Waals surface area contributed by atoms with Gasteiger partial charge in [-0.15, -0.1) is 0 Å². The van der Waals surface area contributed by atoms with Crippen LogP contribution in [0.3, 0.4) is 0 Å². The van der Waals surface area contributed by atoms with Gasteiger partial charge in [0.25, 0.3) is 0 Å². The van der Waals surface area contributed by atoms with Crippen LogP contribution in [0.2, 0.25) is 0 Å². The molecule has 6 nitrogen and oxygen atoms in total. The molecule has 2 N–H and O–H groups in total. The Kier molecular flexibility index (Phi) is 6.40. The fourth-order valence-electron chi connectivity index (χ4n) is 3.19. The maximum absolute atomic E-state index is 12.6. The number of benzene rings is 1. The van der Waals surface area contributed by atoms with E-state index in [-0.39, 0.29) is 24.2 Å². The Bertz CT molecular complexity index is 652. The number of carbonyl (C=O) groups excluding carboxylic acids is 2. The maximum atomic E-state index is 12.6. The zero-order valence-electron chi connectivity index (χ0n) is 15.7. The zero-order chi connectivity index (χ0) is 19.3. The van der Waals surface area contributed by atoms with Crippen LogP contribution in [0.1, 0.15) is 39.2 Å². The monoisotopic (exact) mass is 360 g/mol. The summed E-state index contributed by atoms with van der Waals surface area (Å²) >= 11 is 0. The highest BCUT2D eigenvalue weighted by atomic mass is 16.4. The van der Waals surface area contributed by atoms with Gasteiger partial charge in [0.05, 0.1) is 5.92 Å². The summed E-state index contributed by atoms with van der Waals surface area (Å²) in [6, 6.07) is 8.25. The summed E-state index contributed by atoms with van der Waals surface area (Å²) in [5.74, 6) is -1.69. The minimum Gasteiger partial charge on any atom is -0.480 e. The molecule has 0 spiro atoms. The van der Waals surface area contributed by atoms with Gasteiger partial charge in [-0.2, -0.15) is 0 Å². The number of nitrogens with one attached hydrogen (secondary N) is 1. The number of hydrogen-bond donors (Lipinski definition) is 2. The van der Waals surface area contributed by atoms with Gasteiger partial charge in [-0.25, -0.2) is 4.79 Å². The van der Waals surface area contributed by atoms with Gasteiger partial charge >= 0.3 is 5.97 Å². The maximum Gasteiger partial charge on any atom is 0.326 e. The second kappa shape index (κ2) is 8.34. The summed E-state index contributed by atoms with van der Waals surface area (Å²) in [4.78, 5) is 38.3. The molecule has 0 radical (unpaired) electrons. The van der Waals surface area contributed by atoms with Gasteiger partial charge in [0, 0.05) is 24.9 Å². The summed E-state index contributed by atoms with van der Waals surface area (Å²) in [5.41, 5.74) is 0.364. The van der Waals surface area contributed by atoms with E-state index in [2.05, 4.69) is 5.32 Å². The first-order chi connectivity index (χ1) is 12.2. The van der Waals surface area contributed by atoms with Crippen LogP contribution in [0.15, 0.2) is 30.3 Å². The number of piperidine rings is 1. The van der Waals surface area contributed by atoms with E-state index in [1.807, 2.05) is 51.1 Å². The Hall–Kier alpha value is -2.37. The molecular weight excluding hydrogens is 332 g/mol. The second-order valence-electron chi connectivity index (χ2n) is 7.93. The molecule has 1 aromatic carbocycles. The van der Waals surface area contributed by atoms with Gasteiger partial charge < -0.3 is 15.3 Å². The first kappa shape index (κ1) is 19.9. The average Bonchev–Trinajstić information content (AvgIpc) is 2.60. The lowest BCUT2D eigenvalue weighted by atomic mass is 9.90. The van der Waals surface area contributed by atoms with Gasteiger partial charge in [-0.1, -0.05) is 51.1 Å². The smallest absolute Gasteiger partial charge is 0.326 e. The van der Waals surface area contributed by atoms with E-state index in [0.717, 1.165) is 12.0 Å². The van der Waals surface area contributed by atoms with Crippen molar-refractivity contribution in [2.75, 3.05) is 13.1 Å². The van der Waals surface area contributed by atoms with E-state index >= 15 is 0 Å². The van der Waals surface area contributed by atoms with Crippen molar-refractivity contribution in [1.29, 1.82) is 0 Å². The molecule has 1 saturated heterocycles. The summed E-state index contributed by atoms with van der Waals surface area (Å²) < 4.78 is 0. The van der Waals surface area contributed by atoms with Crippen molar-refractivity contribution in [2.24, 2.45) is 11.3 Å². The van der Waals surface area contributed by atoms with Gasteiger partial charge in [-0.3, -0.25) is 9.59 Å². The van der Waals surface area contributed by atoms with E-state index in [4.69, 9.17) is 0 Å². The molecule has 142 valence electrons. The molecule has 2 amide bonds. The molecule has 1 aromatic rings. The van der Waals surface area contributed by atoms with Crippen molar-refractivity contribution in [3.05, 3.63) is 35.9 Å². The molecule has 0 aliphatic carbocycles.